The van der Waals surface area contributed by atoms with Crippen LogP contribution in [0, 0.1) is 0 Å². The lowest BCUT2D eigenvalue weighted by atomic mass is 10.1. The van der Waals surface area contributed by atoms with Crippen molar-refractivity contribution in [2.75, 3.05) is 20.1 Å². The quantitative estimate of drug-likeness (QED) is 0.304. The van der Waals surface area contributed by atoms with Crippen molar-refractivity contribution in [3.63, 3.8) is 0 Å². The molecule has 0 spiro atoms. The maximum Gasteiger partial charge on any atom is 0.239 e. The number of carbonyl (C=O) groups is 1. The largest absolute Gasteiger partial charge is 0.490 e. The molecule has 0 bridgehead atoms. The summed E-state index contributed by atoms with van der Waals surface area (Å²) < 4.78 is 6.00. The molecule has 0 unspecified atom stereocenters. The van der Waals surface area contributed by atoms with Crippen LogP contribution in [-0.2, 0) is 11.2 Å². The van der Waals surface area contributed by atoms with E-state index < -0.39 is 0 Å². The van der Waals surface area contributed by atoms with Gasteiger partial charge >= 0.3 is 0 Å². The minimum Gasteiger partial charge on any atom is -0.490 e. The van der Waals surface area contributed by atoms with Crippen LogP contribution in [0.3, 0.4) is 0 Å². The summed E-state index contributed by atoms with van der Waals surface area (Å²) >= 11 is 0. The van der Waals surface area contributed by atoms with Gasteiger partial charge in [-0.15, -0.1) is 24.0 Å². The van der Waals surface area contributed by atoms with E-state index in [0.29, 0.717) is 12.1 Å². The van der Waals surface area contributed by atoms with Crippen molar-refractivity contribution in [3.05, 3.63) is 29.8 Å². The van der Waals surface area contributed by atoms with Gasteiger partial charge in [0, 0.05) is 19.1 Å². The highest BCUT2D eigenvalue weighted by atomic mass is 127. The van der Waals surface area contributed by atoms with Gasteiger partial charge in [-0.25, -0.2) is 0 Å². The average Bonchev–Trinajstić information content (AvgIpc) is 3.11. The van der Waals surface area contributed by atoms with Crippen molar-refractivity contribution in [3.8, 4) is 5.75 Å². The molecule has 6 nitrogen and oxygen atoms in total. The fourth-order valence-corrected chi connectivity index (χ4v) is 3.11. The number of rotatable bonds is 7. The Morgan fingerprint density at radius 2 is 1.79 bits per heavy atom. The van der Waals surface area contributed by atoms with Gasteiger partial charge in [-0.05, 0) is 70.6 Å². The van der Waals surface area contributed by atoms with Gasteiger partial charge in [0.2, 0.25) is 5.91 Å². The Morgan fingerprint density at radius 1 is 1.14 bits per heavy atom. The van der Waals surface area contributed by atoms with Crippen LogP contribution >= 0.6 is 24.0 Å². The Hall–Kier alpha value is -1.51. The molecule has 0 aliphatic heterocycles. The van der Waals surface area contributed by atoms with Gasteiger partial charge in [0.1, 0.15) is 5.75 Å². The minimum absolute atomic E-state index is 0. The summed E-state index contributed by atoms with van der Waals surface area (Å²) in [5.41, 5.74) is 1.01. The van der Waals surface area contributed by atoms with Crippen molar-refractivity contribution in [2.24, 2.45) is 4.99 Å². The van der Waals surface area contributed by atoms with E-state index in [0.717, 1.165) is 18.7 Å². The van der Waals surface area contributed by atoms with Gasteiger partial charge in [0.25, 0.3) is 0 Å². The molecule has 0 aromatic heterocycles. The number of nitrogens with one attached hydrogen (secondary N) is 3. The molecule has 2 rings (SSSR count). The average molecular weight is 502 g/mol. The maximum absolute atomic E-state index is 11.9. The van der Waals surface area contributed by atoms with Crippen LogP contribution in [0.25, 0.3) is 0 Å². The number of benzene rings is 1. The van der Waals surface area contributed by atoms with E-state index in [2.05, 4.69) is 45.2 Å². The molecule has 1 aromatic rings. The number of aliphatic imine (C=N–C) groups is 1. The number of guanidine groups is 1. The van der Waals surface area contributed by atoms with Crippen molar-refractivity contribution in [1.29, 1.82) is 0 Å². The van der Waals surface area contributed by atoms with Gasteiger partial charge < -0.3 is 20.7 Å². The first-order valence-electron chi connectivity index (χ1n) is 9.87. The normalized spacial score (nSPS) is 14.9. The molecule has 1 saturated carbocycles. The van der Waals surface area contributed by atoms with Gasteiger partial charge in [0.15, 0.2) is 5.96 Å². The summed E-state index contributed by atoms with van der Waals surface area (Å²) in [6.07, 6.45) is 6.17. The van der Waals surface area contributed by atoms with Crippen molar-refractivity contribution < 1.29 is 9.53 Å². The molecular formula is C21H35IN4O2. The molecule has 7 heteroatoms. The van der Waals surface area contributed by atoms with Crippen LogP contribution in [0.4, 0.5) is 0 Å². The zero-order valence-corrected chi connectivity index (χ0v) is 19.8. The lowest BCUT2D eigenvalue weighted by Gasteiger charge is -2.21. The summed E-state index contributed by atoms with van der Waals surface area (Å²) in [6.45, 7) is 6.82. The van der Waals surface area contributed by atoms with Gasteiger partial charge in [-0.3, -0.25) is 9.79 Å². The second kappa shape index (κ2) is 12.1. The summed E-state index contributed by atoms with van der Waals surface area (Å²) in [4.78, 5) is 16.0. The van der Waals surface area contributed by atoms with Crippen LogP contribution in [0.5, 0.6) is 5.75 Å². The highest BCUT2D eigenvalue weighted by Crippen LogP contribution is 2.24. The standard InChI is InChI=1S/C21H34N4O2.HI/c1-21(2,3)25-19(26)15-24-20(22-4)23-14-13-16-9-11-18(12-10-16)27-17-7-5-6-8-17;/h9-12,17H,5-8,13-15H2,1-4H3,(H,25,26)(H2,22,23,24);1H. The fraction of sp³-hybridized carbons (Fsp3) is 0.619. The zero-order valence-electron chi connectivity index (χ0n) is 17.5. The van der Waals surface area contributed by atoms with E-state index >= 15 is 0 Å². The van der Waals surface area contributed by atoms with Gasteiger partial charge in [0.05, 0.1) is 12.6 Å². The first-order chi connectivity index (χ1) is 12.9. The smallest absolute Gasteiger partial charge is 0.239 e. The number of amides is 1. The predicted molar refractivity (Wildman–Crippen MR) is 126 cm³/mol. The first-order valence-corrected chi connectivity index (χ1v) is 9.87. The van der Waals surface area contributed by atoms with Crippen LogP contribution in [0.2, 0.25) is 0 Å². The molecule has 0 radical (unpaired) electrons. The van der Waals surface area contributed by atoms with Gasteiger partial charge in [-0.1, -0.05) is 12.1 Å². The lowest BCUT2D eigenvalue weighted by Crippen LogP contribution is -2.48. The molecule has 0 heterocycles. The summed E-state index contributed by atoms with van der Waals surface area (Å²) in [5.74, 6) is 1.53. The van der Waals surface area contributed by atoms with Crippen molar-refractivity contribution in [1.82, 2.24) is 16.0 Å². The molecule has 3 N–H and O–H groups in total. The summed E-state index contributed by atoms with van der Waals surface area (Å²) in [5, 5.41) is 9.19. The number of hydrogen-bond donors (Lipinski definition) is 3. The number of halogens is 1. The molecule has 0 atom stereocenters. The second-order valence-electron chi connectivity index (χ2n) is 8.07. The topological polar surface area (TPSA) is 74.8 Å². The highest BCUT2D eigenvalue weighted by molar-refractivity contribution is 14.0. The fourth-order valence-electron chi connectivity index (χ4n) is 3.11. The number of ether oxygens (including phenoxy) is 1. The third-order valence-electron chi connectivity index (χ3n) is 4.39. The Labute approximate surface area is 186 Å². The summed E-state index contributed by atoms with van der Waals surface area (Å²) in [7, 11) is 1.70. The Balaban J connectivity index is 0.00000392. The molecule has 0 saturated heterocycles. The monoisotopic (exact) mass is 502 g/mol. The number of carbonyl (C=O) groups excluding carboxylic acids is 1. The van der Waals surface area contributed by atoms with E-state index in [1.54, 1.807) is 7.05 Å². The third kappa shape index (κ3) is 9.61. The lowest BCUT2D eigenvalue weighted by molar-refractivity contribution is -0.121. The van der Waals surface area contributed by atoms with E-state index in [-0.39, 0.29) is 42.0 Å². The van der Waals surface area contributed by atoms with E-state index in [1.807, 2.05) is 20.8 Å². The third-order valence-corrected chi connectivity index (χ3v) is 4.39. The maximum atomic E-state index is 11.9. The molecule has 1 aliphatic rings. The molecule has 1 aromatic carbocycles. The van der Waals surface area contributed by atoms with E-state index in [4.69, 9.17) is 4.74 Å². The van der Waals surface area contributed by atoms with Gasteiger partial charge in [-0.2, -0.15) is 0 Å². The Bertz CT molecular complexity index is 620. The number of hydrogen-bond acceptors (Lipinski definition) is 3. The Kier molecular flexibility index (Phi) is 10.6. The SMILES string of the molecule is CN=C(NCCc1ccc(OC2CCCC2)cc1)NCC(=O)NC(C)(C)C.I. The molecule has 1 amide bonds. The predicted octanol–water partition coefficient (Wildman–Crippen LogP) is 3.25. The Morgan fingerprint density at radius 3 is 2.36 bits per heavy atom. The van der Waals surface area contributed by atoms with Crippen molar-refractivity contribution >= 4 is 35.8 Å². The van der Waals surface area contributed by atoms with Crippen molar-refractivity contribution in [2.45, 2.75) is 64.5 Å². The second-order valence-corrected chi connectivity index (χ2v) is 8.07. The highest BCUT2D eigenvalue weighted by Gasteiger charge is 2.16. The zero-order chi connectivity index (χ0) is 19.7. The van der Waals surface area contributed by atoms with Crippen LogP contribution < -0.4 is 20.7 Å². The van der Waals surface area contributed by atoms with Crippen LogP contribution in [-0.4, -0.2) is 43.6 Å². The molecule has 28 heavy (non-hydrogen) atoms. The number of nitrogens with zero attached hydrogens (tertiary/aromatic N) is 1. The molecule has 158 valence electrons. The van der Waals surface area contributed by atoms with Crippen LogP contribution in [0.1, 0.15) is 52.0 Å². The van der Waals surface area contributed by atoms with E-state index in [9.17, 15) is 4.79 Å². The van der Waals surface area contributed by atoms with Crippen LogP contribution in [0.15, 0.2) is 29.3 Å². The summed E-state index contributed by atoms with van der Waals surface area (Å²) in [6, 6.07) is 8.33. The molecular weight excluding hydrogens is 467 g/mol. The van der Waals surface area contributed by atoms with E-state index in [1.165, 1.54) is 31.2 Å². The molecule has 1 aliphatic carbocycles. The first kappa shape index (κ1) is 24.5. The molecule has 1 fully saturated rings. The minimum atomic E-state index is -0.233.